The number of sulfonamides is 1. The first-order chi connectivity index (χ1) is 12.4. The molecule has 26 heavy (non-hydrogen) atoms. The van der Waals surface area contributed by atoms with Gasteiger partial charge in [-0.15, -0.1) is 16.9 Å². The molecule has 3 rings (SSSR count). The number of amides is 1. The Morgan fingerprint density at radius 1 is 1.35 bits per heavy atom. The molecule has 0 bridgehead atoms. The summed E-state index contributed by atoms with van der Waals surface area (Å²) in [4.78, 5) is 13.5. The first-order valence-corrected chi connectivity index (χ1v) is 11.0. The molecule has 0 aliphatic carbocycles. The molecule has 2 aromatic rings. The normalized spacial score (nSPS) is 18.1. The lowest BCUT2D eigenvalue weighted by atomic mass is 10.2. The molecule has 0 radical (unpaired) electrons. The fourth-order valence-electron chi connectivity index (χ4n) is 2.77. The van der Waals surface area contributed by atoms with Crippen molar-refractivity contribution in [3.8, 4) is 0 Å². The van der Waals surface area contributed by atoms with Crippen LogP contribution in [0.2, 0.25) is 0 Å². The van der Waals surface area contributed by atoms with Crippen molar-refractivity contribution in [2.75, 3.05) is 23.9 Å². The molecule has 1 atom stereocenters. The Balaban J connectivity index is 1.52. The van der Waals surface area contributed by atoms with Crippen molar-refractivity contribution in [2.45, 2.75) is 30.2 Å². The molecule has 2 heterocycles. The SMILES string of the molecule is CS(=O)(=O)N1CCCC1C(=O)Nc1nnc(CCSc2ccccc2)o1. The zero-order valence-corrected chi connectivity index (χ0v) is 15.9. The minimum atomic E-state index is -3.42. The van der Waals surface area contributed by atoms with Crippen molar-refractivity contribution in [2.24, 2.45) is 0 Å². The van der Waals surface area contributed by atoms with Crippen LogP contribution in [-0.4, -0.2) is 53.4 Å². The lowest BCUT2D eigenvalue weighted by Crippen LogP contribution is -2.42. The van der Waals surface area contributed by atoms with E-state index in [2.05, 4.69) is 15.5 Å². The van der Waals surface area contributed by atoms with Crippen LogP contribution in [0.4, 0.5) is 6.01 Å². The van der Waals surface area contributed by atoms with Crippen LogP contribution in [0.25, 0.3) is 0 Å². The molecule has 1 aromatic heterocycles. The van der Waals surface area contributed by atoms with E-state index in [1.54, 1.807) is 11.8 Å². The van der Waals surface area contributed by atoms with E-state index in [0.29, 0.717) is 31.7 Å². The third-order valence-corrected chi connectivity index (χ3v) is 6.26. The van der Waals surface area contributed by atoms with Gasteiger partial charge in [0.15, 0.2) is 0 Å². The standard InChI is InChI=1S/C16H20N4O4S2/c1-26(22,23)20-10-5-8-13(20)15(21)17-16-19-18-14(24-16)9-11-25-12-6-3-2-4-7-12/h2-4,6-7,13H,5,8-11H2,1H3,(H,17,19,21). The quantitative estimate of drug-likeness (QED) is 0.711. The van der Waals surface area contributed by atoms with Crippen LogP contribution in [0.15, 0.2) is 39.6 Å². The average molecular weight is 396 g/mol. The number of rotatable bonds is 7. The van der Waals surface area contributed by atoms with Crippen LogP contribution in [0, 0.1) is 0 Å². The summed E-state index contributed by atoms with van der Waals surface area (Å²) in [6.45, 7) is 0.350. The van der Waals surface area contributed by atoms with E-state index >= 15 is 0 Å². The molecular formula is C16H20N4O4S2. The van der Waals surface area contributed by atoms with E-state index in [-0.39, 0.29) is 6.01 Å². The molecular weight excluding hydrogens is 376 g/mol. The number of thioether (sulfide) groups is 1. The smallest absolute Gasteiger partial charge is 0.322 e. The molecule has 1 fully saturated rings. The van der Waals surface area contributed by atoms with Crippen molar-refractivity contribution in [3.05, 3.63) is 36.2 Å². The highest BCUT2D eigenvalue weighted by atomic mass is 32.2. The van der Waals surface area contributed by atoms with Crippen LogP contribution in [0.5, 0.6) is 0 Å². The molecule has 140 valence electrons. The number of nitrogens with zero attached hydrogens (tertiary/aromatic N) is 3. The van der Waals surface area contributed by atoms with Gasteiger partial charge in [-0.1, -0.05) is 23.3 Å². The second-order valence-electron chi connectivity index (χ2n) is 5.93. The summed E-state index contributed by atoms with van der Waals surface area (Å²) in [5.41, 5.74) is 0. The second kappa shape index (κ2) is 8.19. The van der Waals surface area contributed by atoms with Gasteiger partial charge in [0.2, 0.25) is 21.8 Å². The fourth-order valence-corrected chi connectivity index (χ4v) is 4.75. The van der Waals surface area contributed by atoms with Crippen LogP contribution in [-0.2, 0) is 21.2 Å². The summed E-state index contributed by atoms with van der Waals surface area (Å²) in [7, 11) is -3.42. The molecule has 1 amide bonds. The zero-order valence-electron chi connectivity index (χ0n) is 14.3. The van der Waals surface area contributed by atoms with Gasteiger partial charge in [-0.3, -0.25) is 10.1 Å². The van der Waals surface area contributed by atoms with Gasteiger partial charge in [-0.25, -0.2) is 8.42 Å². The summed E-state index contributed by atoms with van der Waals surface area (Å²) in [5.74, 6) is 0.751. The Hall–Kier alpha value is -1.91. The summed E-state index contributed by atoms with van der Waals surface area (Å²) >= 11 is 1.67. The Kier molecular flexibility index (Phi) is 5.94. The Bertz CT molecular complexity index is 854. The highest BCUT2D eigenvalue weighted by molar-refractivity contribution is 7.99. The number of hydrogen-bond acceptors (Lipinski definition) is 7. The molecule has 1 aliphatic rings. The van der Waals surface area contributed by atoms with Crippen molar-refractivity contribution in [3.63, 3.8) is 0 Å². The predicted octanol–water partition coefficient (Wildman–Crippen LogP) is 1.77. The molecule has 1 N–H and O–H groups in total. The second-order valence-corrected chi connectivity index (χ2v) is 9.04. The molecule has 1 aromatic carbocycles. The van der Waals surface area contributed by atoms with Gasteiger partial charge < -0.3 is 4.42 Å². The largest absolute Gasteiger partial charge is 0.408 e. The lowest BCUT2D eigenvalue weighted by molar-refractivity contribution is -0.119. The van der Waals surface area contributed by atoms with E-state index in [1.165, 1.54) is 4.31 Å². The third-order valence-electron chi connectivity index (χ3n) is 3.96. The summed E-state index contributed by atoms with van der Waals surface area (Å²) < 4.78 is 30.1. The maximum Gasteiger partial charge on any atom is 0.322 e. The Morgan fingerprint density at radius 2 is 2.12 bits per heavy atom. The minimum Gasteiger partial charge on any atom is -0.408 e. The van der Waals surface area contributed by atoms with Gasteiger partial charge in [0.1, 0.15) is 6.04 Å². The average Bonchev–Trinajstić information content (AvgIpc) is 3.25. The molecule has 8 nitrogen and oxygen atoms in total. The molecule has 10 heteroatoms. The topological polar surface area (TPSA) is 105 Å². The van der Waals surface area contributed by atoms with Crippen LogP contribution in [0.3, 0.4) is 0 Å². The monoisotopic (exact) mass is 396 g/mol. The summed E-state index contributed by atoms with van der Waals surface area (Å²) in [5, 5.41) is 10.3. The van der Waals surface area contributed by atoms with Gasteiger partial charge in [0, 0.05) is 23.6 Å². The number of carbonyl (C=O) groups is 1. The molecule has 0 saturated carbocycles. The van der Waals surface area contributed by atoms with E-state index < -0.39 is 22.0 Å². The molecule has 0 spiro atoms. The number of carbonyl (C=O) groups excluding carboxylic acids is 1. The zero-order chi connectivity index (χ0) is 18.6. The number of anilines is 1. The summed E-state index contributed by atoms with van der Waals surface area (Å²) in [6, 6.07) is 9.24. The van der Waals surface area contributed by atoms with Gasteiger partial charge in [-0.2, -0.15) is 4.31 Å². The number of aromatic nitrogens is 2. The number of benzene rings is 1. The van der Waals surface area contributed by atoms with E-state index in [1.807, 2.05) is 30.3 Å². The van der Waals surface area contributed by atoms with E-state index in [4.69, 9.17) is 4.42 Å². The third kappa shape index (κ3) is 4.83. The maximum atomic E-state index is 12.3. The van der Waals surface area contributed by atoms with Crippen LogP contribution in [0.1, 0.15) is 18.7 Å². The lowest BCUT2D eigenvalue weighted by Gasteiger charge is -2.20. The van der Waals surface area contributed by atoms with Gasteiger partial charge in [0.05, 0.1) is 6.26 Å². The highest BCUT2D eigenvalue weighted by Crippen LogP contribution is 2.22. The Morgan fingerprint density at radius 3 is 2.85 bits per heavy atom. The maximum absolute atomic E-state index is 12.3. The van der Waals surface area contributed by atoms with Crippen LogP contribution < -0.4 is 5.32 Å². The van der Waals surface area contributed by atoms with Crippen molar-refractivity contribution in [1.82, 2.24) is 14.5 Å². The Labute approximate surface area is 156 Å². The first kappa shape index (κ1) is 18.9. The van der Waals surface area contributed by atoms with Crippen LogP contribution >= 0.6 is 11.8 Å². The van der Waals surface area contributed by atoms with E-state index in [0.717, 1.165) is 16.9 Å². The number of aryl methyl sites for hydroxylation is 1. The fraction of sp³-hybridized carbons (Fsp3) is 0.438. The van der Waals surface area contributed by atoms with E-state index in [9.17, 15) is 13.2 Å². The van der Waals surface area contributed by atoms with Crippen molar-refractivity contribution < 1.29 is 17.6 Å². The predicted molar refractivity (Wildman–Crippen MR) is 98.4 cm³/mol. The molecule has 1 aliphatic heterocycles. The molecule has 1 saturated heterocycles. The van der Waals surface area contributed by atoms with Gasteiger partial charge in [-0.05, 0) is 25.0 Å². The van der Waals surface area contributed by atoms with Crippen molar-refractivity contribution in [1.29, 1.82) is 0 Å². The highest BCUT2D eigenvalue weighted by Gasteiger charge is 2.36. The number of nitrogens with one attached hydrogen (secondary N) is 1. The van der Waals surface area contributed by atoms with Gasteiger partial charge >= 0.3 is 6.01 Å². The summed E-state index contributed by atoms with van der Waals surface area (Å²) in [6.07, 6.45) is 2.81. The van der Waals surface area contributed by atoms with Crippen molar-refractivity contribution >= 4 is 33.7 Å². The molecule has 1 unspecified atom stereocenters. The van der Waals surface area contributed by atoms with Gasteiger partial charge in [0.25, 0.3) is 0 Å². The number of hydrogen-bond donors (Lipinski definition) is 1. The minimum absolute atomic E-state index is 0.00457. The first-order valence-electron chi connectivity index (χ1n) is 8.21.